The molecule has 0 unspecified atom stereocenters. The van der Waals surface area contributed by atoms with Gasteiger partial charge in [0, 0.05) is 23.7 Å². The van der Waals surface area contributed by atoms with Crippen molar-refractivity contribution >= 4 is 28.9 Å². The maximum absolute atomic E-state index is 12.9. The summed E-state index contributed by atoms with van der Waals surface area (Å²) < 4.78 is 14.7. The van der Waals surface area contributed by atoms with Crippen LogP contribution in [0.4, 0.5) is 0 Å². The summed E-state index contributed by atoms with van der Waals surface area (Å²) in [7, 11) is 3.98. The Labute approximate surface area is 217 Å². The minimum Gasteiger partial charge on any atom is -0.507 e. The summed E-state index contributed by atoms with van der Waals surface area (Å²) in [5.41, 5.74) is 3.32. The minimum atomic E-state index is -1.03. The van der Waals surface area contributed by atoms with E-state index in [1.54, 1.807) is 48.7 Å². The van der Waals surface area contributed by atoms with Gasteiger partial charge in [0.2, 0.25) is 5.88 Å². The summed E-state index contributed by atoms with van der Waals surface area (Å²) in [5.74, 6) is -0.865. The van der Waals surface area contributed by atoms with E-state index >= 15 is 0 Å². The van der Waals surface area contributed by atoms with Crippen LogP contribution in [0.5, 0.6) is 11.6 Å². The molecule has 0 bridgehead atoms. The fourth-order valence-corrected chi connectivity index (χ4v) is 3.94. The van der Waals surface area contributed by atoms with Crippen LogP contribution in [0, 0.1) is 0 Å². The molecule has 4 rings (SSSR count). The quantitative estimate of drug-likeness (QED) is 0.283. The molecular weight excluding hydrogens is 492 g/mol. The highest BCUT2D eigenvalue weighted by atomic mass is 16.5. The number of aromatic hydroxyl groups is 1. The molecule has 2 aromatic carbocycles. The number of methoxy groups -OCH3 is 3. The number of ether oxygens (including phenoxy) is 3. The van der Waals surface area contributed by atoms with Crippen LogP contribution in [-0.2, 0) is 19.1 Å². The van der Waals surface area contributed by atoms with E-state index in [0.29, 0.717) is 28.3 Å². The minimum absolute atomic E-state index is 0.0140. The van der Waals surface area contributed by atoms with Crippen molar-refractivity contribution < 1.29 is 33.7 Å². The number of hydrogen-bond acceptors (Lipinski definition) is 9. The number of H-pyrrole nitrogens is 1. The Balaban J connectivity index is 1.61. The number of esters is 2. The molecule has 2 heterocycles. The highest BCUT2D eigenvalue weighted by Gasteiger charge is 2.24. The fraction of sp³-hybridized carbons (Fsp3) is 0.222. The van der Waals surface area contributed by atoms with Gasteiger partial charge in [-0.3, -0.25) is 9.59 Å². The molecule has 0 aliphatic heterocycles. The van der Waals surface area contributed by atoms with E-state index in [0.717, 1.165) is 11.1 Å². The molecule has 0 aliphatic rings. The zero-order chi connectivity index (χ0) is 27.2. The number of hydrogen-bond donors (Lipinski definition) is 3. The van der Waals surface area contributed by atoms with Crippen molar-refractivity contribution in [3.63, 3.8) is 0 Å². The molecule has 0 saturated heterocycles. The molecule has 0 radical (unpaired) electrons. The number of carbonyl (C=O) groups is 3. The molecule has 1 amide bonds. The van der Waals surface area contributed by atoms with Crippen LogP contribution in [0.15, 0.2) is 54.7 Å². The summed E-state index contributed by atoms with van der Waals surface area (Å²) in [6.45, 7) is 0. The van der Waals surface area contributed by atoms with Gasteiger partial charge >= 0.3 is 11.9 Å². The third-order valence-electron chi connectivity index (χ3n) is 5.93. The van der Waals surface area contributed by atoms with E-state index < -0.39 is 23.9 Å². The fourth-order valence-electron chi connectivity index (χ4n) is 3.94. The van der Waals surface area contributed by atoms with Gasteiger partial charge < -0.3 is 29.6 Å². The lowest BCUT2D eigenvalue weighted by Crippen LogP contribution is -2.41. The van der Waals surface area contributed by atoms with Crippen LogP contribution < -0.4 is 10.1 Å². The van der Waals surface area contributed by atoms with Crippen LogP contribution in [0.3, 0.4) is 0 Å². The first kappa shape index (κ1) is 26.1. The number of amides is 1. The van der Waals surface area contributed by atoms with Gasteiger partial charge in [-0.25, -0.2) is 14.8 Å². The Morgan fingerprint density at radius 3 is 2.58 bits per heavy atom. The van der Waals surface area contributed by atoms with E-state index in [2.05, 4.69) is 25.0 Å². The van der Waals surface area contributed by atoms with E-state index in [1.165, 1.54) is 21.3 Å². The Morgan fingerprint density at radius 2 is 1.84 bits per heavy atom. The van der Waals surface area contributed by atoms with Crippen LogP contribution in [0.2, 0.25) is 0 Å². The molecule has 196 valence electrons. The number of imidazole rings is 1. The molecule has 38 heavy (non-hydrogen) atoms. The molecule has 0 saturated carbocycles. The highest BCUT2D eigenvalue weighted by Crippen LogP contribution is 2.35. The van der Waals surface area contributed by atoms with E-state index in [-0.39, 0.29) is 24.2 Å². The van der Waals surface area contributed by atoms with Gasteiger partial charge in [-0.2, -0.15) is 0 Å². The summed E-state index contributed by atoms with van der Waals surface area (Å²) >= 11 is 0. The zero-order valence-corrected chi connectivity index (χ0v) is 21.0. The van der Waals surface area contributed by atoms with Crippen molar-refractivity contribution in [1.29, 1.82) is 0 Å². The molecule has 11 nitrogen and oxygen atoms in total. The normalized spacial score (nSPS) is 11.6. The number of fused-ring (bicyclic) bond motifs is 1. The lowest BCUT2D eigenvalue weighted by Gasteiger charge is -2.16. The summed E-state index contributed by atoms with van der Waals surface area (Å²) in [6.07, 6.45) is 1.59. The first-order valence-corrected chi connectivity index (χ1v) is 11.6. The van der Waals surface area contributed by atoms with Gasteiger partial charge in [-0.15, -0.1) is 0 Å². The van der Waals surface area contributed by atoms with Gasteiger partial charge in [0.15, 0.2) is 0 Å². The molecular formula is C27H26N4O7. The summed E-state index contributed by atoms with van der Waals surface area (Å²) in [4.78, 5) is 48.4. The van der Waals surface area contributed by atoms with Crippen LogP contribution in [-0.4, -0.2) is 65.3 Å². The second-order valence-electron chi connectivity index (χ2n) is 8.27. The van der Waals surface area contributed by atoms with Gasteiger partial charge in [0.05, 0.1) is 37.9 Å². The van der Waals surface area contributed by atoms with Crippen molar-refractivity contribution in [2.45, 2.75) is 18.9 Å². The van der Waals surface area contributed by atoms with Gasteiger partial charge in [0.25, 0.3) is 5.91 Å². The number of nitrogens with one attached hydrogen (secondary N) is 2. The van der Waals surface area contributed by atoms with Crippen molar-refractivity contribution in [3.05, 3.63) is 60.3 Å². The van der Waals surface area contributed by atoms with E-state index in [1.807, 2.05) is 6.07 Å². The first-order valence-electron chi connectivity index (χ1n) is 11.6. The van der Waals surface area contributed by atoms with E-state index in [9.17, 15) is 19.5 Å². The van der Waals surface area contributed by atoms with Crippen LogP contribution >= 0.6 is 0 Å². The largest absolute Gasteiger partial charge is 0.507 e. The maximum Gasteiger partial charge on any atom is 0.328 e. The summed E-state index contributed by atoms with van der Waals surface area (Å²) in [5, 5.41) is 13.2. The number of nitrogens with zero attached hydrogens (tertiary/aromatic N) is 2. The second kappa shape index (κ2) is 11.4. The number of aromatic amines is 1. The van der Waals surface area contributed by atoms with Gasteiger partial charge in [0.1, 0.15) is 17.6 Å². The van der Waals surface area contributed by atoms with Crippen LogP contribution in [0.25, 0.3) is 33.5 Å². The van der Waals surface area contributed by atoms with Crippen molar-refractivity contribution in [3.8, 4) is 34.1 Å². The first-order chi connectivity index (χ1) is 18.3. The molecule has 0 fully saturated rings. The molecule has 0 spiro atoms. The number of phenolic OH excluding ortho intramolecular Hbond substituents is 1. The third-order valence-corrected chi connectivity index (χ3v) is 5.93. The SMILES string of the molecule is COC(=O)CC[C@H](NC(=O)c1ccc2[nH]c(-c3cc(-c4cccnc4OC)ccc3O)nc2c1)C(=O)OC. The maximum atomic E-state index is 12.9. The Kier molecular flexibility index (Phi) is 7.86. The molecule has 11 heteroatoms. The zero-order valence-electron chi connectivity index (χ0n) is 21.0. The number of rotatable bonds is 9. The number of pyridine rings is 1. The van der Waals surface area contributed by atoms with Crippen molar-refractivity contribution in [2.75, 3.05) is 21.3 Å². The number of carbonyl (C=O) groups excluding carboxylic acids is 3. The summed E-state index contributed by atoms with van der Waals surface area (Å²) in [6, 6.07) is 12.5. The lowest BCUT2D eigenvalue weighted by molar-refractivity contribution is -0.144. The number of benzene rings is 2. The molecule has 3 N–H and O–H groups in total. The predicted molar refractivity (Wildman–Crippen MR) is 137 cm³/mol. The number of phenols is 1. The van der Waals surface area contributed by atoms with Gasteiger partial charge in [-0.05, 0) is 54.4 Å². The average molecular weight is 519 g/mol. The smallest absolute Gasteiger partial charge is 0.328 e. The predicted octanol–water partition coefficient (Wildman–Crippen LogP) is 3.23. The second-order valence-corrected chi connectivity index (χ2v) is 8.27. The van der Waals surface area contributed by atoms with Crippen molar-refractivity contribution in [2.24, 2.45) is 0 Å². The molecule has 1 atom stereocenters. The molecule has 2 aromatic heterocycles. The van der Waals surface area contributed by atoms with Gasteiger partial charge in [-0.1, -0.05) is 6.07 Å². The Morgan fingerprint density at radius 1 is 1.03 bits per heavy atom. The van der Waals surface area contributed by atoms with E-state index in [4.69, 9.17) is 9.47 Å². The van der Waals surface area contributed by atoms with Crippen molar-refractivity contribution in [1.82, 2.24) is 20.3 Å². The lowest BCUT2D eigenvalue weighted by atomic mass is 10.0. The number of aromatic nitrogens is 3. The molecule has 4 aromatic rings. The topological polar surface area (TPSA) is 153 Å². The highest BCUT2D eigenvalue weighted by molar-refractivity contribution is 5.99. The Bertz CT molecular complexity index is 1500. The Hall–Kier alpha value is -4.93. The van der Waals surface area contributed by atoms with Crippen LogP contribution in [0.1, 0.15) is 23.2 Å². The average Bonchev–Trinajstić information content (AvgIpc) is 3.38. The third kappa shape index (κ3) is 5.56. The molecule has 0 aliphatic carbocycles. The standard InChI is InChI=1S/C27H26N4O7/c1-36-23(33)11-9-20(27(35)38-3)31-25(34)16-6-8-19-21(14-16)30-24(29-19)18-13-15(7-10-22(18)32)17-5-4-12-28-26(17)37-2/h4-8,10,12-14,20,32H,9,11H2,1-3H3,(H,29,30)(H,31,34)/t20-/m0/s1. The monoisotopic (exact) mass is 518 g/mol.